The Morgan fingerprint density at radius 2 is 1.97 bits per heavy atom. The average Bonchev–Trinajstić information content (AvgIpc) is 3.22. The Morgan fingerprint density at radius 1 is 1.21 bits per heavy atom. The smallest absolute Gasteiger partial charge is 0.412 e. The Morgan fingerprint density at radius 3 is 2.66 bits per heavy atom. The summed E-state index contributed by atoms with van der Waals surface area (Å²) in [5.41, 5.74) is -0.0184. The first-order valence-electron chi connectivity index (χ1n) is 12.0. The molecule has 0 saturated heterocycles. The first kappa shape index (κ1) is 25.2. The molecule has 0 bridgehead atoms. The Bertz CT molecular complexity index is 1580. The summed E-state index contributed by atoms with van der Waals surface area (Å²) in [5, 5.41) is 5.36. The minimum absolute atomic E-state index is 0.0323. The molecule has 2 N–H and O–H groups in total. The largest absolute Gasteiger partial charge is 0.457 e. The van der Waals surface area contributed by atoms with Gasteiger partial charge in [0.1, 0.15) is 6.61 Å². The molecule has 2 aliphatic heterocycles. The number of amides is 2. The van der Waals surface area contributed by atoms with Crippen LogP contribution in [0.1, 0.15) is 43.9 Å². The van der Waals surface area contributed by atoms with Crippen LogP contribution in [0.25, 0.3) is 22.3 Å². The van der Waals surface area contributed by atoms with Gasteiger partial charge in [0.2, 0.25) is 5.60 Å². The molecule has 5 rings (SSSR count). The Labute approximate surface area is 215 Å². The van der Waals surface area contributed by atoms with Crippen LogP contribution in [-0.4, -0.2) is 40.8 Å². The molecule has 0 aliphatic carbocycles. The van der Waals surface area contributed by atoms with Gasteiger partial charge in [0.25, 0.3) is 5.56 Å². The van der Waals surface area contributed by atoms with E-state index in [0.717, 1.165) is 6.07 Å². The number of aromatic nitrogens is 2. The lowest BCUT2D eigenvalue weighted by Gasteiger charge is -2.35. The number of benzene rings is 1. The summed E-state index contributed by atoms with van der Waals surface area (Å²) < 4.78 is 32.0. The van der Waals surface area contributed by atoms with Crippen LogP contribution in [0.3, 0.4) is 0 Å². The highest BCUT2D eigenvalue weighted by molar-refractivity contribution is 5.89. The molecule has 12 heteroatoms. The zero-order valence-electron chi connectivity index (χ0n) is 21.1. The van der Waals surface area contributed by atoms with Gasteiger partial charge in [0, 0.05) is 35.7 Å². The van der Waals surface area contributed by atoms with E-state index < -0.39 is 35.1 Å². The highest BCUT2D eigenvalue weighted by Gasteiger charge is 2.50. The van der Waals surface area contributed by atoms with E-state index in [-0.39, 0.29) is 48.0 Å². The van der Waals surface area contributed by atoms with E-state index in [0.29, 0.717) is 22.3 Å². The number of esters is 1. The first-order valence-corrected chi connectivity index (χ1v) is 12.0. The van der Waals surface area contributed by atoms with Crippen LogP contribution in [0.4, 0.5) is 14.0 Å². The van der Waals surface area contributed by atoms with Gasteiger partial charge >= 0.3 is 18.2 Å². The van der Waals surface area contributed by atoms with Gasteiger partial charge in [-0.25, -0.2) is 23.8 Å². The number of ether oxygens (including phenoxy) is 3. The Hall–Kier alpha value is -4.48. The molecule has 0 unspecified atom stereocenters. The maximum absolute atomic E-state index is 14.6. The van der Waals surface area contributed by atoms with Crippen LogP contribution in [0.5, 0.6) is 5.75 Å². The molecule has 2 aromatic heterocycles. The highest BCUT2D eigenvalue weighted by Crippen LogP contribution is 2.41. The normalized spacial score (nSPS) is 17.4. The monoisotopic (exact) mass is 524 g/mol. The maximum atomic E-state index is 14.6. The molecule has 11 nitrogen and oxygen atoms in total. The molecular weight excluding hydrogens is 499 g/mol. The second-order valence-corrected chi connectivity index (χ2v) is 9.37. The van der Waals surface area contributed by atoms with E-state index in [1.54, 1.807) is 32.9 Å². The summed E-state index contributed by atoms with van der Waals surface area (Å²) in [5.74, 6) is -1.82. The van der Waals surface area contributed by atoms with Crippen molar-refractivity contribution in [1.82, 2.24) is 20.2 Å². The lowest BCUT2D eigenvalue weighted by molar-refractivity contribution is -0.172. The molecule has 2 aliphatic rings. The van der Waals surface area contributed by atoms with Crippen molar-refractivity contribution in [2.24, 2.45) is 0 Å². The highest BCUT2D eigenvalue weighted by atomic mass is 19.1. The van der Waals surface area contributed by atoms with Crippen LogP contribution in [0.2, 0.25) is 0 Å². The number of pyridine rings is 2. The molecule has 1 atom stereocenters. The molecule has 38 heavy (non-hydrogen) atoms. The SMILES string of the molecule is CC[C@@]1(OC(=O)NC(C)C)C(=O)OCc2c1cc1n(c2=O)Cc2cc3cc(OC(=O)NC)c(F)cc3nc2-1. The quantitative estimate of drug-likeness (QED) is 0.389. The number of carbonyl (C=O) groups is 3. The lowest BCUT2D eigenvalue weighted by Crippen LogP contribution is -2.49. The fourth-order valence-electron chi connectivity index (χ4n) is 4.79. The zero-order valence-corrected chi connectivity index (χ0v) is 21.1. The fraction of sp³-hybridized carbons (Fsp3) is 0.346. The predicted octanol–water partition coefficient (Wildman–Crippen LogP) is 3.08. The van der Waals surface area contributed by atoms with Crippen molar-refractivity contribution >= 4 is 29.1 Å². The third-order valence-electron chi connectivity index (χ3n) is 6.61. The lowest BCUT2D eigenvalue weighted by atomic mass is 9.85. The third-order valence-corrected chi connectivity index (χ3v) is 6.61. The molecule has 4 heterocycles. The van der Waals surface area contributed by atoms with E-state index in [2.05, 4.69) is 15.6 Å². The summed E-state index contributed by atoms with van der Waals surface area (Å²) >= 11 is 0. The number of nitrogens with zero attached hydrogens (tertiary/aromatic N) is 2. The average molecular weight is 525 g/mol. The number of nitrogens with one attached hydrogen (secondary N) is 2. The molecule has 0 spiro atoms. The molecule has 198 valence electrons. The fourth-order valence-corrected chi connectivity index (χ4v) is 4.79. The molecule has 0 radical (unpaired) electrons. The second kappa shape index (κ2) is 9.12. The zero-order chi connectivity index (χ0) is 27.4. The molecular formula is C26H25FN4O7. The van der Waals surface area contributed by atoms with E-state index in [1.807, 2.05) is 0 Å². The van der Waals surface area contributed by atoms with E-state index in [1.165, 1.54) is 17.7 Å². The minimum atomic E-state index is -1.82. The molecule has 1 aromatic carbocycles. The van der Waals surface area contributed by atoms with Gasteiger partial charge in [-0.15, -0.1) is 0 Å². The maximum Gasteiger partial charge on any atom is 0.412 e. The van der Waals surface area contributed by atoms with Crippen LogP contribution >= 0.6 is 0 Å². The summed E-state index contributed by atoms with van der Waals surface area (Å²) in [6.07, 6.45) is -1.60. The van der Waals surface area contributed by atoms with Crippen LogP contribution in [-0.2, 0) is 33.0 Å². The summed E-state index contributed by atoms with van der Waals surface area (Å²) in [6.45, 7) is 5.06. The number of hydrogen-bond acceptors (Lipinski definition) is 8. The van der Waals surface area contributed by atoms with Crippen molar-refractivity contribution in [3.05, 3.63) is 57.1 Å². The number of alkyl carbamates (subject to hydrolysis) is 1. The van der Waals surface area contributed by atoms with Gasteiger partial charge < -0.3 is 29.4 Å². The van der Waals surface area contributed by atoms with Gasteiger partial charge in [-0.2, -0.15) is 0 Å². The van der Waals surface area contributed by atoms with Crippen molar-refractivity contribution in [3.63, 3.8) is 0 Å². The summed E-state index contributed by atoms with van der Waals surface area (Å²) in [4.78, 5) is 55.3. The summed E-state index contributed by atoms with van der Waals surface area (Å²) in [6, 6.07) is 5.61. The number of hydrogen-bond donors (Lipinski definition) is 2. The van der Waals surface area contributed by atoms with Gasteiger partial charge in [-0.1, -0.05) is 6.92 Å². The second-order valence-electron chi connectivity index (χ2n) is 9.37. The van der Waals surface area contributed by atoms with Crippen molar-refractivity contribution in [1.29, 1.82) is 0 Å². The van der Waals surface area contributed by atoms with E-state index in [9.17, 15) is 23.6 Å². The summed E-state index contributed by atoms with van der Waals surface area (Å²) in [7, 11) is 1.36. The number of halogens is 1. The van der Waals surface area contributed by atoms with Gasteiger partial charge in [0.15, 0.2) is 11.6 Å². The Kier molecular flexibility index (Phi) is 6.04. The Balaban J connectivity index is 1.65. The number of carbonyl (C=O) groups excluding carboxylic acids is 3. The number of fused-ring (bicyclic) bond motifs is 5. The van der Waals surface area contributed by atoms with Crippen molar-refractivity contribution < 1.29 is 33.0 Å². The molecule has 0 saturated carbocycles. The minimum Gasteiger partial charge on any atom is -0.457 e. The van der Waals surface area contributed by atoms with Crippen LogP contribution < -0.4 is 20.9 Å². The number of rotatable bonds is 4. The van der Waals surface area contributed by atoms with Gasteiger partial charge in [-0.3, -0.25) is 4.79 Å². The van der Waals surface area contributed by atoms with Crippen LogP contribution in [0, 0.1) is 5.82 Å². The van der Waals surface area contributed by atoms with Gasteiger partial charge in [0.05, 0.1) is 29.0 Å². The third kappa shape index (κ3) is 3.92. The van der Waals surface area contributed by atoms with Crippen molar-refractivity contribution in [2.45, 2.75) is 52.0 Å². The topological polar surface area (TPSA) is 138 Å². The predicted molar refractivity (Wildman–Crippen MR) is 132 cm³/mol. The molecule has 0 fully saturated rings. The molecule has 3 aromatic rings. The van der Waals surface area contributed by atoms with Crippen molar-refractivity contribution in [3.8, 4) is 17.1 Å². The standard InChI is InChI=1S/C26H25FN4O7/c1-5-26(38-25(35)29-12(2)3)16-8-19-21-14(10-31(19)22(32)15(16)11-36-23(26)33)6-13-7-20(37-24(34)28-4)17(27)9-18(13)30-21/h6-9,12H,5,10-11H2,1-4H3,(H,28,34)(H,29,35)/t26-/m0/s1. The van der Waals surface area contributed by atoms with Crippen LogP contribution in [0.15, 0.2) is 29.1 Å². The van der Waals surface area contributed by atoms with E-state index >= 15 is 0 Å². The van der Waals surface area contributed by atoms with Crippen molar-refractivity contribution in [2.75, 3.05) is 7.05 Å². The number of cyclic esters (lactones) is 1. The molecule has 2 amide bonds. The van der Waals surface area contributed by atoms with Gasteiger partial charge in [-0.05, 0) is 38.5 Å². The van der Waals surface area contributed by atoms with E-state index in [4.69, 9.17) is 14.2 Å². The first-order chi connectivity index (χ1) is 18.1.